The molecule has 7 nitrogen and oxygen atoms in total. The lowest BCUT2D eigenvalue weighted by Crippen LogP contribution is -2.37. The average Bonchev–Trinajstić information content (AvgIpc) is 3.01. The normalized spacial score (nSPS) is 11.0. The first-order valence-corrected chi connectivity index (χ1v) is 8.48. The Bertz CT molecular complexity index is 996. The quantitative estimate of drug-likeness (QED) is 0.717. The number of halogens is 1. The zero-order valence-electron chi connectivity index (χ0n) is 14.5. The van der Waals surface area contributed by atoms with Crippen molar-refractivity contribution in [2.45, 2.75) is 13.5 Å². The maximum atomic E-state index is 13.0. The van der Waals surface area contributed by atoms with E-state index in [-0.39, 0.29) is 12.1 Å². The van der Waals surface area contributed by atoms with Gasteiger partial charge in [0.2, 0.25) is 0 Å². The molecule has 0 spiro atoms. The molecule has 136 valence electrons. The van der Waals surface area contributed by atoms with Gasteiger partial charge in [-0.05, 0) is 18.6 Å². The van der Waals surface area contributed by atoms with E-state index < -0.39 is 11.5 Å². The third-order valence-electron chi connectivity index (χ3n) is 4.02. The number of aryl methyl sites for hydroxylation is 1. The first kappa shape index (κ1) is 18.2. The first-order chi connectivity index (χ1) is 12.5. The molecular formula is C18H19ClN4O3. The fraction of sp³-hybridized carbons (Fsp3) is 0.278. The summed E-state index contributed by atoms with van der Waals surface area (Å²) < 4.78 is 6.37. The Labute approximate surface area is 155 Å². The Hall–Kier alpha value is -2.64. The largest absolute Gasteiger partial charge is 0.383 e. The molecule has 0 bridgehead atoms. The summed E-state index contributed by atoms with van der Waals surface area (Å²) in [7, 11) is 1.56. The van der Waals surface area contributed by atoms with E-state index in [0.717, 1.165) is 11.3 Å². The van der Waals surface area contributed by atoms with Crippen LogP contribution in [0.25, 0.3) is 5.65 Å². The van der Waals surface area contributed by atoms with E-state index in [1.165, 1.54) is 15.6 Å². The van der Waals surface area contributed by atoms with Crippen LogP contribution in [0.1, 0.15) is 21.6 Å². The van der Waals surface area contributed by atoms with Gasteiger partial charge in [0.05, 0.1) is 6.61 Å². The highest BCUT2D eigenvalue weighted by molar-refractivity contribution is 6.31. The topological polar surface area (TPSA) is 79.7 Å². The molecule has 0 aliphatic carbocycles. The lowest BCUT2D eigenvalue weighted by Gasteiger charge is -2.22. The van der Waals surface area contributed by atoms with Crippen LogP contribution in [0.4, 0.5) is 0 Å². The summed E-state index contributed by atoms with van der Waals surface area (Å²) in [6, 6.07) is 9.02. The van der Waals surface area contributed by atoms with Crippen molar-refractivity contribution in [1.29, 1.82) is 0 Å². The number of aromatic amines is 1. The van der Waals surface area contributed by atoms with Crippen molar-refractivity contribution in [2.24, 2.45) is 0 Å². The predicted molar refractivity (Wildman–Crippen MR) is 98.6 cm³/mol. The van der Waals surface area contributed by atoms with Gasteiger partial charge in [-0.1, -0.05) is 29.8 Å². The second-order valence-electron chi connectivity index (χ2n) is 5.92. The van der Waals surface area contributed by atoms with Gasteiger partial charge in [0.15, 0.2) is 5.65 Å². The summed E-state index contributed by atoms with van der Waals surface area (Å²) in [4.78, 5) is 31.4. The van der Waals surface area contributed by atoms with Gasteiger partial charge in [-0.15, -0.1) is 0 Å². The van der Waals surface area contributed by atoms with Crippen LogP contribution in [0.3, 0.4) is 0 Å². The first-order valence-electron chi connectivity index (χ1n) is 8.10. The smallest absolute Gasteiger partial charge is 0.285 e. The van der Waals surface area contributed by atoms with Crippen LogP contribution in [0.15, 0.2) is 41.3 Å². The minimum absolute atomic E-state index is 0.00694. The van der Waals surface area contributed by atoms with Gasteiger partial charge < -0.3 is 9.64 Å². The lowest BCUT2D eigenvalue weighted by molar-refractivity contribution is 0.0678. The van der Waals surface area contributed by atoms with E-state index in [1.54, 1.807) is 19.2 Å². The van der Waals surface area contributed by atoms with Crippen LogP contribution in [-0.4, -0.2) is 45.7 Å². The number of carbonyl (C=O) groups excluding carboxylic acids is 1. The highest BCUT2D eigenvalue weighted by atomic mass is 35.5. The zero-order chi connectivity index (χ0) is 18.7. The Morgan fingerprint density at radius 1 is 1.38 bits per heavy atom. The maximum Gasteiger partial charge on any atom is 0.285 e. The Morgan fingerprint density at radius 3 is 2.88 bits per heavy atom. The second-order valence-corrected chi connectivity index (χ2v) is 6.33. The Kier molecular flexibility index (Phi) is 5.39. The third-order valence-corrected chi connectivity index (χ3v) is 4.39. The van der Waals surface area contributed by atoms with Crippen LogP contribution in [0.2, 0.25) is 5.02 Å². The standard InChI is InChI=1S/C18H19ClN4O3/c1-12-9-16-20-10-14(18(25)23(16)21-12)17(24)22(7-8-26-2)11-13-5-3-4-6-15(13)19/h3-6,9-10,21H,7-8,11H2,1-2H3. The Balaban J connectivity index is 1.96. The molecule has 0 unspecified atom stereocenters. The van der Waals surface area contributed by atoms with Gasteiger partial charge in [0.25, 0.3) is 11.5 Å². The van der Waals surface area contributed by atoms with Crippen molar-refractivity contribution in [3.63, 3.8) is 0 Å². The number of nitrogens with one attached hydrogen (secondary N) is 1. The molecule has 2 aromatic heterocycles. The highest BCUT2D eigenvalue weighted by Crippen LogP contribution is 2.18. The number of H-pyrrole nitrogens is 1. The van der Waals surface area contributed by atoms with Gasteiger partial charge in [0, 0.05) is 43.2 Å². The molecule has 0 saturated heterocycles. The van der Waals surface area contributed by atoms with Crippen molar-refractivity contribution in [2.75, 3.05) is 20.3 Å². The van der Waals surface area contributed by atoms with Gasteiger partial charge in [0.1, 0.15) is 5.56 Å². The van der Waals surface area contributed by atoms with Gasteiger partial charge in [-0.25, -0.2) is 9.50 Å². The molecule has 8 heteroatoms. The summed E-state index contributed by atoms with van der Waals surface area (Å²) in [5.74, 6) is -0.416. The van der Waals surface area contributed by atoms with Crippen LogP contribution >= 0.6 is 11.6 Å². The fourth-order valence-corrected chi connectivity index (χ4v) is 2.88. The summed E-state index contributed by atoms with van der Waals surface area (Å²) >= 11 is 6.21. The predicted octanol–water partition coefficient (Wildman–Crippen LogP) is 2.27. The summed E-state index contributed by atoms with van der Waals surface area (Å²) in [6.07, 6.45) is 1.32. The molecule has 0 radical (unpaired) electrons. The van der Waals surface area contributed by atoms with Crippen LogP contribution < -0.4 is 5.56 Å². The van der Waals surface area contributed by atoms with Crippen LogP contribution in [0, 0.1) is 6.92 Å². The average molecular weight is 375 g/mol. The monoisotopic (exact) mass is 374 g/mol. The Morgan fingerprint density at radius 2 is 2.15 bits per heavy atom. The number of fused-ring (bicyclic) bond motifs is 1. The summed E-state index contributed by atoms with van der Waals surface area (Å²) in [5.41, 5.74) is 1.61. The zero-order valence-corrected chi connectivity index (χ0v) is 15.3. The summed E-state index contributed by atoms with van der Waals surface area (Å²) in [5, 5.41) is 3.45. The lowest BCUT2D eigenvalue weighted by atomic mass is 10.2. The van der Waals surface area contributed by atoms with Gasteiger partial charge >= 0.3 is 0 Å². The van der Waals surface area contributed by atoms with E-state index in [2.05, 4.69) is 10.1 Å². The van der Waals surface area contributed by atoms with Crippen molar-refractivity contribution >= 4 is 23.2 Å². The maximum absolute atomic E-state index is 13.0. The fourth-order valence-electron chi connectivity index (χ4n) is 2.68. The van der Waals surface area contributed by atoms with E-state index in [9.17, 15) is 9.59 Å². The second kappa shape index (κ2) is 7.72. The van der Waals surface area contributed by atoms with Crippen LogP contribution in [-0.2, 0) is 11.3 Å². The minimum Gasteiger partial charge on any atom is -0.383 e. The molecule has 0 fully saturated rings. The van der Waals surface area contributed by atoms with E-state index in [1.807, 2.05) is 25.1 Å². The SMILES string of the molecule is COCCN(Cc1ccccc1Cl)C(=O)c1cnc2cc(C)[nH]n2c1=O. The molecule has 1 N–H and O–H groups in total. The highest BCUT2D eigenvalue weighted by Gasteiger charge is 2.21. The minimum atomic E-state index is -0.435. The number of hydrogen-bond acceptors (Lipinski definition) is 4. The molecule has 2 heterocycles. The van der Waals surface area contributed by atoms with Crippen LogP contribution in [0.5, 0.6) is 0 Å². The number of hydrogen-bond donors (Lipinski definition) is 1. The van der Waals surface area contributed by atoms with Gasteiger partial charge in [-0.3, -0.25) is 14.7 Å². The number of rotatable bonds is 6. The van der Waals surface area contributed by atoms with E-state index >= 15 is 0 Å². The molecule has 0 aliphatic heterocycles. The number of methoxy groups -OCH3 is 1. The molecule has 26 heavy (non-hydrogen) atoms. The van der Waals surface area contributed by atoms with Crippen molar-refractivity contribution in [1.82, 2.24) is 19.5 Å². The molecular weight excluding hydrogens is 356 g/mol. The molecule has 1 amide bonds. The number of aromatic nitrogens is 3. The summed E-state index contributed by atoms with van der Waals surface area (Å²) in [6.45, 7) is 2.76. The number of benzene rings is 1. The molecule has 0 saturated carbocycles. The van der Waals surface area contributed by atoms with Crippen molar-refractivity contribution in [3.8, 4) is 0 Å². The molecule has 0 atom stereocenters. The molecule has 3 rings (SSSR count). The molecule has 0 aliphatic rings. The number of nitrogens with zero attached hydrogens (tertiary/aromatic N) is 3. The molecule has 1 aromatic carbocycles. The number of carbonyl (C=O) groups is 1. The molecule has 3 aromatic rings. The number of ether oxygens (including phenoxy) is 1. The number of amides is 1. The van der Waals surface area contributed by atoms with E-state index in [0.29, 0.717) is 23.8 Å². The van der Waals surface area contributed by atoms with Gasteiger partial charge in [-0.2, -0.15) is 0 Å². The van der Waals surface area contributed by atoms with E-state index in [4.69, 9.17) is 16.3 Å². The van der Waals surface area contributed by atoms with Crippen molar-refractivity contribution < 1.29 is 9.53 Å². The van der Waals surface area contributed by atoms with Crippen molar-refractivity contribution in [3.05, 3.63) is 68.7 Å². The third kappa shape index (κ3) is 3.63.